The molecule has 0 aromatic heterocycles. The number of hydrogen-bond acceptors (Lipinski definition) is 1. The molecular weight excluding hydrogens is 135 g/mol. The van der Waals surface area contributed by atoms with Crippen LogP contribution < -0.4 is 0 Å². The maximum atomic E-state index is 10.5. The summed E-state index contributed by atoms with van der Waals surface area (Å²) < 4.78 is 10.5. The third-order valence-electron chi connectivity index (χ3n) is 0.988. The Morgan fingerprint density at radius 1 is 1.33 bits per heavy atom. The van der Waals surface area contributed by atoms with Gasteiger partial charge >= 0.3 is 0 Å². The first kappa shape index (κ1) is 11.7. The molecular formula is C6H15O2P. The SMILES string of the molecule is C=C.CCP(=O)(O)CC. The molecule has 0 aromatic carbocycles. The van der Waals surface area contributed by atoms with Crippen LogP contribution in [0, 0.1) is 0 Å². The summed E-state index contributed by atoms with van der Waals surface area (Å²) in [6.07, 6.45) is 0.812. The maximum absolute atomic E-state index is 10.5. The Morgan fingerprint density at radius 3 is 1.56 bits per heavy atom. The van der Waals surface area contributed by atoms with E-state index in [-0.39, 0.29) is 0 Å². The molecule has 0 heterocycles. The lowest BCUT2D eigenvalue weighted by molar-refractivity contribution is 0.481. The maximum Gasteiger partial charge on any atom is 0.200 e. The average molecular weight is 150 g/mol. The normalized spacial score (nSPS) is 9.67. The quantitative estimate of drug-likeness (QED) is 0.483. The molecule has 0 aromatic rings. The molecule has 0 aliphatic rings. The molecule has 0 saturated heterocycles. The summed E-state index contributed by atoms with van der Waals surface area (Å²) in [7, 11) is -2.65. The van der Waals surface area contributed by atoms with Crippen LogP contribution in [0.1, 0.15) is 13.8 Å². The van der Waals surface area contributed by atoms with Gasteiger partial charge in [0.15, 0.2) is 7.37 Å². The van der Waals surface area contributed by atoms with Crippen LogP contribution in [0.4, 0.5) is 0 Å². The molecule has 9 heavy (non-hydrogen) atoms. The van der Waals surface area contributed by atoms with Crippen molar-refractivity contribution >= 4 is 7.37 Å². The lowest BCUT2D eigenvalue weighted by Crippen LogP contribution is -1.84. The van der Waals surface area contributed by atoms with E-state index in [2.05, 4.69) is 13.2 Å². The fraction of sp³-hybridized carbons (Fsp3) is 0.667. The van der Waals surface area contributed by atoms with Gasteiger partial charge in [0.25, 0.3) is 0 Å². The minimum atomic E-state index is -2.65. The molecule has 0 unspecified atom stereocenters. The standard InChI is InChI=1S/C4H11O2P.C2H4/c1-3-7(5,6)4-2;1-2/h3-4H2,1-2H3,(H,5,6);1-2H2. The van der Waals surface area contributed by atoms with Gasteiger partial charge in [0.1, 0.15) is 0 Å². The largest absolute Gasteiger partial charge is 0.344 e. The fourth-order valence-electron chi connectivity index (χ4n) is 0.224. The molecule has 0 aliphatic carbocycles. The van der Waals surface area contributed by atoms with Crippen molar-refractivity contribution in [1.29, 1.82) is 0 Å². The molecule has 0 fully saturated rings. The van der Waals surface area contributed by atoms with E-state index in [0.29, 0.717) is 12.3 Å². The van der Waals surface area contributed by atoms with E-state index in [1.165, 1.54) is 0 Å². The predicted octanol–water partition coefficient (Wildman–Crippen LogP) is 2.10. The van der Waals surface area contributed by atoms with Crippen molar-refractivity contribution in [3.05, 3.63) is 13.2 Å². The van der Waals surface area contributed by atoms with E-state index in [1.54, 1.807) is 13.8 Å². The van der Waals surface area contributed by atoms with Crippen LogP contribution in [0.3, 0.4) is 0 Å². The Bertz CT molecular complexity index is 93.2. The Labute approximate surface area is 57.1 Å². The summed E-state index contributed by atoms with van der Waals surface area (Å²) in [5, 5.41) is 0. The van der Waals surface area contributed by atoms with Crippen LogP contribution in [0.25, 0.3) is 0 Å². The summed E-state index contributed by atoms with van der Waals surface area (Å²) in [4.78, 5) is 8.69. The van der Waals surface area contributed by atoms with Gasteiger partial charge in [-0.15, -0.1) is 13.2 Å². The smallest absolute Gasteiger partial charge is 0.200 e. The highest BCUT2D eigenvalue weighted by Crippen LogP contribution is 2.38. The summed E-state index contributed by atoms with van der Waals surface area (Å²) in [5.74, 6) is 0. The van der Waals surface area contributed by atoms with Gasteiger partial charge in [0.2, 0.25) is 0 Å². The van der Waals surface area contributed by atoms with Crippen LogP contribution in [0.5, 0.6) is 0 Å². The molecule has 2 nitrogen and oxygen atoms in total. The molecule has 56 valence electrons. The molecule has 0 bridgehead atoms. The van der Waals surface area contributed by atoms with Gasteiger partial charge in [-0.25, -0.2) is 0 Å². The highest BCUT2D eigenvalue weighted by Gasteiger charge is 2.08. The summed E-state index contributed by atoms with van der Waals surface area (Å²) in [5.41, 5.74) is 0. The molecule has 1 N–H and O–H groups in total. The van der Waals surface area contributed by atoms with Crippen molar-refractivity contribution < 1.29 is 9.46 Å². The van der Waals surface area contributed by atoms with E-state index < -0.39 is 7.37 Å². The number of rotatable bonds is 2. The van der Waals surface area contributed by atoms with Crippen molar-refractivity contribution in [3.8, 4) is 0 Å². The molecule has 3 heteroatoms. The van der Waals surface area contributed by atoms with Crippen molar-refractivity contribution in [2.24, 2.45) is 0 Å². The Hall–Kier alpha value is -0.0700. The molecule has 0 saturated carbocycles. The highest BCUT2D eigenvalue weighted by atomic mass is 31.2. The lowest BCUT2D eigenvalue weighted by Gasteiger charge is -2.01. The van der Waals surface area contributed by atoms with Crippen molar-refractivity contribution in [3.63, 3.8) is 0 Å². The van der Waals surface area contributed by atoms with E-state index in [1.807, 2.05) is 0 Å². The van der Waals surface area contributed by atoms with Crippen LogP contribution in [0.2, 0.25) is 0 Å². The lowest BCUT2D eigenvalue weighted by atomic mass is 11.0. The van der Waals surface area contributed by atoms with Gasteiger partial charge in [-0.1, -0.05) is 13.8 Å². The van der Waals surface area contributed by atoms with E-state index in [0.717, 1.165) is 0 Å². The van der Waals surface area contributed by atoms with Gasteiger partial charge in [-0.2, -0.15) is 0 Å². The Kier molecular flexibility index (Phi) is 7.87. The van der Waals surface area contributed by atoms with Gasteiger partial charge in [0, 0.05) is 12.3 Å². The van der Waals surface area contributed by atoms with Crippen LogP contribution >= 0.6 is 7.37 Å². The zero-order valence-corrected chi connectivity index (χ0v) is 7.03. The second-order valence-electron chi connectivity index (χ2n) is 1.48. The minimum Gasteiger partial charge on any atom is -0.344 e. The van der Waals surface area contributed by atoms with Gasteiger partial charge in [0.05, 0.1) is 0 Å². The van der Waals surface area contributed by atoms with Crippen molar-refractivity contribution in [1.82, 2.24) is 0 Å². The van der Waals surface area contributed by atoms with Crippen LogP contribution in [-0.2, 0) is 4.57 Å². The molecule has 0 spiro atoms. The minimum absolute atomic E-state index is 0.406. The molecule has 0 atom stereocenters. The predicted molar refractivity (Wildman–Crippen MR) is 42.2 cm³/mol. The first-order valence-electron chi connectivity index (χ1n) is 2.93. The molecule has 0 radical (unpaired) electrons. The number of hydrogen-bond donors (Lipinski definition) is 1. The van der Waals surface area contributed by atoms with E-state index >= 15 is 0 Å². The summed E-state index contributed by atoms with van der Waals surface area (Å²) >= 11 is 0. The summed E-state index contributed by atoms with van der Waals surface area (Å²) in [6.45, 7) is 9.45. The van der Waals surface area contributed by atoms with E-state index in [9.17, 15) is 4.57 Å². The first-order valence-corrected chi connectivity index (χ1v) is 4.96. The summed E-state index contributed by atoms with van der Waals surface area (Å²) in [6, 6.07) is 0. The highest BCUT2D eigenvalue weighted by molar-refractivity contribution is 7.57. The zero-order valence-electron chi connectivity index (χ0n) is 6.13. The van der Waals surface area contributed by atoms with E-state index in [4.69, 9.17) is 4.89 Å². The molecule has 0 rings (SSSR count). The second-order valence-corrected chi connectivity index (χ2v) is 4.44. The fourth-order valence-corrected chi connectivity index (χ4v) is 0.671. The van der Waals surface area contributed by atoms with Crippen LogP contribution in [0.15, 0.2) is 13.2 Å². The third kappa shape index (κ3) is 7.93. The second kappa shape index (κ2) is 6.06. The first-order chi connectivity index (χ1) is 4.12. The molecule has 0 aliphatic heterocycles. The Morgan fingerprint density at radius 2 is 1.56 bits per heavy atom. The van der Waals surface area contributed by atoms with Crippen molar-refractivity contribution in [2.75, 3.05) is 12.3 Å². The average Bonchev–Trinajstić information content (AvgIpc) is 1.93. The Balaban J connectivity index is 0. The van der Waals surface area contributed by atoms with Crippen LogP contribution in [-0.4, -0.2) is 17.2 Å². The van der Waals surface area contributed by atoms with Gasteiger partial charge in [-0.05, 0) is 0 Å². The third-order valence-corrected chi connectivity index (χ3v) is 2.96. The zero-order chi connectivity index (χ0) is 7.91. The monoisotopic (exact) mass is 150 g/mol. The topological polar surface area (TPSA) is 37.3 Å². The molecule has 0 amide bonds. The van der Waals surface area contributed by atoms with Gasteiger partial charge in [-0.3, -0.25) is 4.57 Å². The van der Waals surface area contributed by atoms with Crippen molar-refractivity contribution in [2.45, 2.75) is 13.8 Å². The van der Waals surface area contributed by atoms with Gasteiger partial charge < -0.3 is 4.89 Å².